The molecule has 1 saturated heterocycles. The molecular weight excluding hydrogens is 462 g/mol. The van der Waals surface area contributed by atoms with Gasteiger partial charge in [-0.05, 0) is 61.3 Å². The van der Waals surface area contributed by atoms with Crippen molar-refractivity contribution in [2.24, 2.45) is 0 Å². The van der Waals surface area contributed by atoms with Gasteiger partial charge in [0.05, 0.1) is 6.33 Å². The van der Waals surface area contributed by atoms with Crippen molar-refractivity contribution in [2.75, 3.05) is 23.7 Å². The van der Waals surface area contributed by atoms with Crippen LogP contribution in [-0.4, -0.2) is 32.6 Å². The fraction of sp³-hybridized carbons (Fsp3) is 0.207. The van der Waals surface area contributed by atoms with Crippen molar-refractivity contribution >= 4 is 28.6 Å². The Labute approximate surface area is 215 Å². The van der Waals surface area contributed by atoms with E-state index in [1.807, 2.05) is 79.1 Å². The second-order valence-corrected chi connectivity index (χ2v) is 9.12. The van der Waals surface area contributed by atoms with E-state index >= 15 is 0 Å². The van der Waals surface area contributed by atoms with E-state index in [0.29, 0.717) is 24.4 Å². The van der Waals surface area contributed by atoms with E-state index in [4.69, 9.17) is 19.7 Å². The average Bonchev–Trinajstić information content (AvgIpc) is 3.39. The summed E-state index contributed by atoms with van der Waals surface area (Å²) in [6.07, 6.45) is 4.13. The van der Waals surface area contributed by atoms with Gasteiger partial charge in [-0.2, -0.15) is 9.97 Å². The van der Waals surface area contributed by atoms with E-state index < -0.39 is 0 Å². The van der Waals surface area contributed by atoms with Gasteiger partial charge in [0.15, 0.2) is 17.0 Å². The Bertz CT molecular complexity index is 1450. The molecule has 3 heterocycles. The molecular formula is C29H29N7O. The van der Waals surface area contributed by atoms with Crippen molar-refractivity contribution in [3.63, 3.8) is 0 Å². The van der Waals surface area contributed by atoms with Crippen LogP contribution >= 0.6 is 0 Å². The van der Waals surface area contributed by atoms with Crippen LogP contribution in [0, 0.1) is 0 Å². The number of benzene rings is 3. The maximum Gasteiger partial charge on any atom is 0.231 e. The first kappa shape index (κ1) is 23.0. The molecule has 0 spiro atoms. The number of para-hydroxylation sites is 1. The zero-order chi connectivity index (χ0) is 24.9. The van der Waals surface area contributed by atoms with Crippen LogP contribution in [0.1, 0.15) is 24.4 Å². The van der Waals surface area contributed by atoms with Crippen LogP contribution in [-0.2, 0) is 6.54 Å². The zero-order valence-corrected chi connectivity index (χ0v) is 20.5. The Hall–Kier alpha value is -4.43. The minimum atomic E-state index is 0.317. The number of fused-ring (bicyclic) bond motifs is 1. The third-order valence-electron chi connectivity index (χ3n) is 6.48. The smallest absolute Gasteiger partial charge is 0.231 e. The SMILES string of the molecule is c1ccc(CNc2nc(Nc3ccc(Oc4ccccc4)cc3)nc3c2ncn3[C@H]2CCCNC2)cc1. The number of aromatic nitrogens is 4. The molecule has 1 aliphatic heterocycles. The molecule has 0 bridgehead atoms. The van der Waals surface area contributed by atoms with Crippen molar-refractivity contribution in [3.05, 3.63) is 96.8 Å². The van der Waals surface area contributed by atoms with Gasteiger partial charge in [0, 0.05) is 24.8 Å². The molecule has 186 valence electrons. The third kappa shape index (κ3) is 5.39. The van der Waals surface area contributed by atoms with Crippen LogP contribution in [0.5, 0.6) is 11.5 Å². The van der Waals surface area contributed by atoms with Crippen molar-refractivity contribution in [1.29, 1.82) is 0 Å². The summed E-state index contributed by atoms with van der Waals surface area (Å²) in [4.78, 5) is 14.4. The lowest BCUT2D eigenvalue weighted by Crippen LogP contribution is -2.31. The van der Waals surface area contributed by atoms with Gasteiger partial charge in [-0.25, -0.2) is 4.98 Å². The van der Waals surface area contributed by atoms with Gasteiger partial charge in [-0.15, -0.1) is 0 Å². The number of rotatable bonds is 8. The van der Waals surface area contributed by atoms with Gasteiger partial charge >= 0.3 is 0 Å². The highest BCUT2D eigenvalue weighted by molar-refractivity contribution is 5.85. The molecule has 1 aliphatic rings. The van der Waals surface area contributed by atoms with Crippen molar-refractivity contribution in [2.45, 2.75) is 25.4 Å². The Morgan fingerprint density at radius 1 is 0.892 bits per heavy atom. The van der Waals surface area contributed by atoms with Crippen LogP contribution in [0.15, 0.2) is 91.3 Å². The average molecular weight is 492 g/mol. The normalized spacial score (nSPS) is 15.4. The maximum absolute atomic E-state index is 5.92. The molecule has 0 unspecified atom stereocenters. The summed E-state index contributed by atoms with van der Waals surface area (Å²) in [7, 11) is 0. The van der Waals surface area contributed by atoms with Crippen LogP contribution in [0.2, 0.25) is 0 Å². The highest BCUT2D eigenvalue weighted by Crippen LogP contribution is 2.28. The Morgan fingerprint density at radius 2 is 1.65 bits per heavy atom. The van der Waals surface area contributed by atoms with Gasteiger partial charge < -0.3 is 25.3 Å². The molecule has 2 aromatic heterocycles. The number of ether oxygens (including phenoxy) is 1. The zero-order valence-electron chi connectivity index (χ0n) is 20.5. The van der Waals surface area contributed by atoms with E-state index in [1.54, 1.807) is 0 Å². The lowest BCUT2D eigenvalue weighted by atomic mass is 10.1. The molecule has 0 aliphatic carbocycles. The van der Waals surface area contributed by atoms with Gasteiger partial charge in [-0.3, -0.25) is 0 Å². The molecule has 3 aromatic carbocycles. The maximum atomic E-state index is 5.92. The lowest BCUT2D eigenvalue weighted by molar-refractivity contribution is 0.376. The van der Waals surface area contributed by atoms with Gasteiger partial charge in [0.2, 0.25) is 5.95 Å². The standard InChI is InChI=1S/C29H29N7O/c1-3-8-21(9-4-1)18-31-27-26-28(36(20-32-26)23-10-7-17-30-19-23)35-29(34-27)33-22-13-15-25(16-14-22)37-24-11-5-2-6-12-24/h1-6,8-9,11-16,20,23,30H,7,10,17-19H2,(H2,31,33,34,35)/t23-/m0/s1. The highest BCUT2D eigenvalue weighted by atomic mass is 16.5. The first-order chi connectivity index (χ1) is 18.3. The van der Waals surface area contributed by atoms with Gasteiger partial charge in [0.1, 0.15) is 11.5 Å². The number of imidazole rings is 1. The fourth-order valence-electron chi connectivity index (χ4n) is 4.58. The number of nitrogens with zero attached hydrogens (tertiary/aromatic N) is 4. The molecule has 6 rings (SSSR count). The number of hydrogen-bond acceptors (Lipinski definition) is 7. The van der Waals surface area contributed by atoms with Crippen molar-refractivity contribution < 1.29 is 4.74 Å². The van der Waals surface area contributed by atoms with Crippen molar-refractivity contribution in [3.8, 4) is 11.5 Å². The number of piperidine rings is 1. The molecule has 1 atom stereocenters. The summed E-state index contributed by atoms with van der Waals surface area (Å²) in [5, 5.41) is 10.3. The minimum Gasteiger partial charge on any atom is -0.457 e. The second-order valence-electron chi connectivity index (χ2n) is 9.12. The molecule has 5 aromatic rings. The molecule has 8 nitrogen and oxygen atoms in total. The molecule has 0 amide bonds. The summed E-state index contributed by atoms with van der Waals surface area (Å²) < 4.78 is 8.10. The number of hydrogen-bond donors (Lipinski definition) is 3. The van der Waals surface area contributed by atoms with E-state index in [1.165, 1.54) is 5.56 Å². The topological polar surface area (TPSA) is 88.9 Å². The highest BCUT2D eigenvalue weighted by Gasteiger charge is 2.21. The lowest BCUT2D eigenvalue weighted by Gasteiger charge is -2.24. The number of nitrogens with one attached hydrogen (secondary N) is 3. The molecule has 37 heavy (non-hydrogen) atoms. The molecule has 8 heteroatoms. The largest absolute Gasteiger partial charge is 0.457 e. The predicted molar refractivity (Wildman–Crippen MR) is 146 cm³/mol. The van der Waals surface area contributed by atoms with E-state index in [-0.39, 0.29) is 0 Å². The van der Waals surface area contributed by atoms with E-state index in [2.05, 4.69) is 32.7 Å². The summed E-state index contributed by atoms with van der Waals surface area (Å²) in [6, 6.07) is 28.1. The monoisotopic (exact) mass is 491 g/mol. The van der Waals surface area contributed by atoms with Crippen LogP contribution in [0.25, 0.3) is 11.2 Å². The summed E-state index contributed by atoms with van der Waals surface area (Å²) in [5.41, 5.74) is 3.65. The molecule has 0 saturated carbocycles. The minimum absolute atomic E-state index is 0.317. The molecule has 3 N–H and O–H groups in total. The van der Waals surface area contributed by atoms with Crippen LogP contribution in [0.4, 0.5) is 17.5 Å². The van der Waals surface area contributed by atoms with Crippen molar-refractivity contribution in [1.82, 2.24) is 24.8 Å². The summed E-state index contributed by atoms with van der Waals surface area (Å²) >= 11 is 0. The van der Waals surface area contributed by atoms with Crippen LogP contribution < -0.4 is 20.7 Å². The quantitative estimate of drug-likeness (QED) is 0.249. The summed E-state index contributed by atoms with van der Waals surface area (Å²) in [6.45, 7) is 2.61. The van der Waals surface area contributed by atoms with Crippen LogP contribution in [0.3, 0.4) is 0 Å². The van der Waals surface area contributed by atoms with E-state index in [0.717, 1.165) is 54.3 Å². The first-order valence-corrected chi connectivity index (χ1v) is 12.6. The third-order valence-corrected chi connectivity index (χ3v) is 6.48. The van der Waals surface area contributed by atoms with Gasteiger partial charge in [0.25, 0.3) is 0 Å². The fourth-order valence-corrected chi connectivity index (χ4v) is 4.58. The second kappa shape index (κ2) is 10.7. The Morgan fingerprint density at radius 3 is 2.41 bits per heavy atom. The number of anilines is 3. The molecule has 1 fully saturated rings. The molecule has 0 radical (unpaired) electrons. The Kier molecular flexibility index (Phi) is 6.64. The van der Waals surface area contributed by atoms with Gasteiger partial charge in [-0.1, -0.05) is 48.5 Å². The summed E-state index contributed by atoms with van der Waals surface area (Å²) in [5.74, 6) is 2.80. The van der Waals surface area contributed by atoms with E-state index in [9.17, 15) is 0 Å². The predicted octanol–water partition coefficient (Wildman–Crippen LogP) is 5.90. The first-order valence-electron chi connectivity index (χ1n) is 12.6. The Balaban J connectivity index is 1.28.